The Bertz CT molecular complexity index is 759. The number of rotatable bonds is 4. The van der Waals surface area contributed by atoms with Crippen molar-refractivity contribution in [3.8, 4) is 0 Å². The number of anilines is 2. The van der Waals surface area contributed by atoms with E-state index >= 15 is 0 Å². The van der Waals surface area contributed by atoms with Crippen molar-refractivity contribution in [1.82, 2.24) is 0 Å². The SMILES string of the molecule is Cc1cccc(NC(=O)Cc2cccs2)c1N1CCC2(CC1)OCCO2. The van der Waals surface area contributed by atoms with Gasteiger partial charge in [0, 0.05) is 30.8 Å². The van der Waals surface area contributed by atoms with E-state index in [0.717, 1.165) is 42.2 Å². The van der Waals surface area contributed by atoms with Gasteiger partial charge in [-0.05, 0) is 30.0 Å². The second-order valence-corrected chi connectivity index (χ2v) is 7.90. The number of hydrogen-bond acceptors (Lipinski definition) is 5. The zero-order valence-electron chi connectivity index (χ0n) is 15.0. The predicted molar refractivity (Wildman–Crippen MR) is 104 cm³/mol. The Morgan fingerprint density at radius 1 is 1.19 bits per heavy atom. The number of ether oxygens (including phenoxy) is 2. The second-order valence-electron chi connectivity index (χ2n) is 6.87. The zero-order valence-corrected chi connectivity index (χ0v) is 15.8. The minimum absolute atomic E-state index is 0.0234. The van der Waals surface area contributed by atoms with E-state index < -0.39 is 0 Å². The van der Waals surface area contributed by atoms with Gasteiger partial charge in [-0.25, -0.2) is 0 Å². The Balaban J connectivity index is 1.48. The fourth-order valence-corrected chi connectivity index (χ4v) is 4.51. The standard InChI is InChI=1S/C20H24N2O3S/c1-15-4-2-6-17(21-18(23)14-16-5-3-13-26-16)19(15)22-9-7-20(8-10-22)24-11-12-25-20/h2-6,13H,7-12,14H2,1H3,(H,21,23). The van der Waals surface area contributed by atoms with Crippen LogP contribution in [0.5, 0.6) is 0 Å². The third-order valence-electron chi connectivity index (χ3n) is 5.08. The van der Waals surface area contributed by atoms with Crippen LogP contribution < -0.4 is 10.2 Å². The number of nitrogens with one attached hydrogen (secondary N) is 1. The van der Waals surface area contributed by atoms with Gasteiger partial charge in [0.1, 0.15) is 0 Å². The molecule has 2 aliphatic heterocycles. The topological polar surface area (TPSA) is 50.8 Å². The maximum Gasteiger partial charge on any atom is 0.229 e. The summed E-state index contributed by atoms with van der Waals surface area (Å²) in [6, 6.07) is 10.0. The van der Waals surface area contributed by atoms with E-state index in [1.54, 1.807) is 11.3 Å². The largest absolute Gasteiger partial charge is 0.369 e. The molecular weight excluding hydrogens is 348 g/mol. The van der Waals surface area contributed by atoms with Crippen LogP contribution in [0.1, 0.15) is 23.3 Å². The number of amides is 1. The van der Waals surface area contributed by atoms with Crippen molar-refractivity contribution in [2.75, 3.05) is 36.5 Å². The van der Waals surface area contributed by atoms with Gasteiger partial charge in [-0.1, -0.05) is 18.2 Å². The smallest absolute Gasteiger partial charge is 0.229 e. The molecule has 138 valence electrons. The molecule has 0 atom stereocenters. The first-order chi connectivity index (χ1) is 12.7. The van der Waals surface area contributed by atoms with Gasteiger partial charge in [-0.15, -0.1) is 11.3 Å². The molecule has 26 heavy (non-hydrogen) atoms. The minimum Gasteiger partial charge on any atom is -0.369 e. The number of hydrogen-bond donors (Lipinski definition) is 1. The van der Waals surface area contributed by atoms with Crippen LogP contribution in [0.3, 0.4) is 0 Å². The number of nitrogens with zero attached hydrogens (tertiary/aromatic N) is 1. The van der Waals surface area contributed by atoms with Crippen molar-refractivity contribution in [2.45, 2.75) is 32.0 Å². The Morgan fingerprint density at radius 2 is 1.96 bits per heavy atom. The molecule has 1 amide bonds. The van der Waals surface area contributed by atoms with Gasteiger partial charge in [0.05, 0.1) is 31.0 Å². The summed E-state index contributed by atoms with van der Waals surface area (Å²) in [6.45, 7) is 5.19. The summed E-state index contributed by atoms with van der Waals surface area (Å²) >= 11 is 1.61. The van der Waals surface area contributed by atoms with E-state index in [0.29, 0.717) is 19.6 Å². The third-order valence-corrected chi connectivity index (χ3v) is 5.96. The lowest BCUT2D eigenvalue weighted by atomic mass is 10.0. The van der Waals surface area contributed by atoms with Crippen molar-refractivity contribution in [3.63, 3.8) is 0 Å². The zero-order chi connectivity index (χ0) is 18.0. The summed E-state index contributed by atoms with van der Waals surface area (Å²) in [5.41, 5.74) is 3.17. The first kappa shape index (κ1) is 17.5. The molecule has 0 aliphatic carbocycles. The maximum absolute atomic E-state index is 12.5. The number of piperidine rings is 1. The van der Waals surface area contributed by atoms with Crippen molar-refractivity contribution >= 4 is 28.6 Å². The molecule has 1 N–H and O–H groups in total. The van der Waals surface area contributed by atoms with E-state index in [1.165, 1.54) is 5.56 Å². The number of thiophene rings is 1. The molecule has 1 spiro atoms. The van der Waals surface area contributed by atoms with E-state index in [1.807, 2.05) is 29.6 Å². The molecule has 2 aromatic rings. The molecule has 0 saturated carbocycles. The molecular formula is C20H24N2O3S. The van der Waals surface area contributed by atoms with Crippen LogP contribution in [0.2, 0.25) is 0 Å². The molecule has 4 rings (SSSR count). The molecule has 5 nitrogen and oxygen atoms in total. The number of carbonyl (C=O) groups is 1. The molecule has 0 unspecified atom stereocenters. The Labute approximate surface area is 157 Å². The van der Waals surface area contributed by atoms with Gasteiger partial charge in [0.2, 0.25) is 5.91 Å². The highest BCUT2D eigenvalue weighted by Gasteiger charge is 2.40. The predicted octanol–water partition coefficient (Wildman–Crippen LogP) is 3.58. The molecule has 1 aromatic heterocycles. The van der Waals surface area contributed by atoms with Crippen molar-refractivity contribution in [3.05, 3.63) is 46.2 Å². The van der Waals surface area contributed by atoms with Crippen molar-refractivity contribution in [2.24, 2.45) is 0 Å². The lowest BCUT2D eigenvalue weighted by Gasteiger charge is -2.40. The van der Waals surface area contributed by atoms with Crippen LogP contribution >= 0.6 is 11.3 Å². The fraction of sp³-hybridized carbons (Fsp3) is 0.450. The lowest BCUT2D eigenvalue weighted by Crippen LogP contribution is -2.45. The van der Waals surface area contributed by atoms with Gasteiger partial charge in [-0.3, -0.25) is 4.79 Å². The number of carbonyl (C=O) groups excluding carboxylic acids is 1. The number of para-hydroxylation sites is 1. The summed E-state index contributed by atoms with van der Waals surface area (Å²) in [5.74, 6) is -0.364. The van der Waals surface area contributed by atoms with Crippen LogP contribution in [-0.2, 0) is 20.7 Å². The monoisotopic (exact) mass is 372 g/mol. The van der Waals surface area contributed by atoms with Crippen molar-refractivity contribution < 1.29 is 14.3 Å². The quantitative estimate of drug-likeness (QED) is 0.891. The first-order valence-corrected chi connectivity index (χ1v) is 9.98. The van der Waals surface area contributed by atoms with Crippen molar-refractivity contribution in [1.29, 1.82) is 0 Å². The Morgan fingerprint density at radius 3 is 2.65 bits per heavy atom. The summed E-state index contributed by atoms with van der Waals surface area (Å²) in [6.07, 6.45) is 2.11. The highest BCUT2D eigenvalue weighted by atomic mass is 32.1. The van der Waals surface area contributed by atoms with Gasteiger partial charge in [0.25, 0.3) is 0 Å². The minimum atomic E-state index is -0.387. The molecule has 0 radical (unpaired) electrons. The first-order valence-electron chi connectivity index (χ1n) is 9.10. The van der Waals surface area contributed by atoms with E-state index in [2.05, 4.69) is 23.2 Å². The molecule has 2 saturated heterocycles. The highest BCUT2D eigenvalue weighted by Crippen LogP contribution is 2.37. The van der Waals surface area contributed by atoms with Gasteiger partial charge in [-0.2, -0.15) is 0 Å². The van der Waals surface area contributed by atoms with Crippen LogP contribution in [0.25, 0.3) is 0 Å². The highest BCUT2D eigenvalue weighted by molar-refractivity contribution is 7.10. The van der Waals surface area contributed by atoms with Gasteiger partial charge in [0.15, 0.2) is 5.79 Å². The average Bonchev–Trinajstić information content (AvgIpc) is 3.29. The normalized spacial score (nSPS) is 19.0. The third kappa shape index (κ3) is 3.63. The number of aryl methyl sites for hydroxylation is 1. The summed E-state index contributed by atoms with van der Waals surface area (Å²) in [4.78, 5) is 15.9. The van der Waals surface area contributed by atoms with Gasteiger partial charge < -0.3 is 19.7 Å². The summed E-state index contributed by atoms with van der Waals surface area (Å²) in [5, 5.41) is 5.11. The van der Waals surface area contributed by atoms with Crippen LogP contribution in [0.15, 0.2) is 35.7 Å². The van der Waals surface area contributed by atoms with E-state index in [-0.39, 0.29) is 11.7 Å². The fourth-order valence-electron chi connectivity index (χ4n) is 3.80. The van der Waals surface area contributed by atoms with E-state index in [9.17, 15) is 4.79 Å². The van der Waals surface area contributed by atoms with E-state index in [4.69, 9.17) is 9.47 Å². The van der Waals surface area contributed by atoms with Crippen LogP contribution in [0.4, 0.5) is 11.4 Å². The molecule has 1 aromatic carbocycles. The molecule has 0 bridgehead atoms. The van der Waals surface area contributed by atoms with Crippen LogP contribution in [0, 0.1) is 6.92 Å². The maximum atomic E-state index is 12.5. The summed E-state index contributed by atoms with van der Waals surface area (Å²) < 4.78 is 11.7. The molecule has 3 heterocycles. The summed E-state index contributed by atoms with van der Waals surface area (Å²) in [7, 11) is 0. The molecule has 2 fully saturated rings. The lowest BCUT2D eigenvalue weighted by molar-refractivity contribution is -0.169. The Kier molecular flexibility index (Phi) is 4.98. The van der Waals surface area contributed by atoms with Crippen LogP contribution in [-0.4, -0.2) is 38.0 Å². The average molecular weight is 372 g/mol. The molecule has 2 aliphatic rings. The Hall–Kier alpha value is -1.89. The number of benzene rings is 1. The van der Waals surface area contributed by atoms with Gasteiger partial charge >= 0.3 is 0 Å². The molecule has 6 heteroatoms. The second kappa shape index (κ2) is 7.39.